The van der Waals surface area contributed by atoms with Crippen LogP contribution in [-0.2, 0) is 4.79 Å². The van der Waals surface area contributed by atoms with E-state index in [1.54, 1.807) is 0 Å². The molecule has 3 rings (SSSR count). The largest absolute Gasteiger partial charge is 0.340 e. The maximum absolute atomic E-state index is 10.7. The Balaban J connectivity index is 1.92. The molecule has 0 aromatic rings. The third-order valence-corrected chi connectivity index (χ3v) is 2.55. The highest BCUT2D eigenvalue weighted by atomic mass is 16.1. The molecule has 0 unspecified atom stereocenters. The average Bonchev–Trinajstić information content (AvgIpc) is 1.75. The van der Waals surface area contributed by atoms with E-state index in [9.17, 15) is 4.79 Å². The van der Waals surface area contributed by atoms with E-state index in [2.05, 4.69) is 11.2 Å². The quantitative estimate of drug-likeness (QED) is 0.514. The van der Waals surface area contributed by atoms with Gasteiger partial charge < -0.3 is 5.32 Å². The first kappa shape index (κ1) is 5.79. The summed E-state index contributed by atoms with van der Waals surface area (Å²) in [4.78, 5) is 10.7. The van der Waals surface area contributed by atoms with Crippen LogP contribution in [0.1, 0.15) is 19.3 Å². The molecule has 10 heavy (non-hydrogen) atoms. The zero-order chi connectivity index (χ0) is 7.19. The molecule has 1 amide bonds. The molecular weight excluding hydrogens is 126 g/mol. The van der Waals surface area contributed by atoms with Crippen molar-refractivity contribution < 1.29 is 4.79 Å². The number of terminal acetylenes is 1. The van der Waals surface area contributed by atoms with Gasteiger partial charge in [0, 0.05) is 5.54 Å². The summed E-state index contributed by atoms with van der Waals surface area (Å²) in [5.74, 6) is 2.70. The second-order valence-electron chi connectivity index (χ2n) is 3.36. The van der Waals surface area contributed by atoms with Crippen molar-refractivity contribution in [3.8, 4) is 12.3 Å². The highest BCUT2D eigenvalue weighted by molar-refractivity contribution is 5.93. The first-order chi connectivity index (χ1) is 4.74. The number of nitrogens with one attached hydrogen (secondary N) is 1. The Bertz CT molecular complexity index is 209. The number of hydrogen-bond donors (Lipinski definition) is 1. The van der Waals surface area contributed by atoms with Crippen molar-refractivity contribution >= 4 is 5.91 Å². The van der Waals surface area contributed by atoms with Crippen LogP contribution in [0.3, 0.4) is 0 Å². The van der Waals surface area contributed by atoms with E-state index < -0.39 is 0 Å². The zero-order valence-corrected chi connectivity index (χ0v) is 5.68. The lowest BCUT2D eigenvalue weighted by atomic mass is 9.50. The fraction of sp³-hybridized carbons (Fsp3) is 0.625. The maximum atomic E-state index is 10.7. The van der Waals surface area contributed by atoms with Gasteiger partial charge in [-0.2, -0.15) is 0 Å². The first-order valence-electron chi connectivity index (χ1n) is 3.53. The van der Waals surface area contributed by atoms with Crippen molar-refractivity contribution in [3.05, 3.63) is 0 Å². The predicted molar refractivity (Wildman–Crippen MR) is 37.0 cm³/mol. The predicted octanol–water partition coefficient (Wildman–Crippen LogP) is 0.288. The summed E-state index contributed by atoms with van der Waals surface area (Å²) in [6.07, 6.45) is 8.37. The van der Waals surface area contributed by atoms with E-state index in [0.717, 1.165) is 25.2 Å². The molecule has 2 heteroatoms. The fourth-order valence-electron chi connectivity index (χ4n) is 1.91. The van der Waals surface area contributed by atoms with Gasteiger partial charge in [0.25, 0.3) is 5.91 Å². The molecule has 0 spiro atoms. The Labute approximate surface area is 60.0 Å². The van der Waals surface area contributed by atoms with E-state index in [-0.39, 0.29) is 11.4 Å². The minimum Gasteiger partial charge on any atom is -0.340 e. The van der Waals surface area contributed by atoms with Crippen LogP contribution >= 0.6 is 0 Å². The van der Waals surface area contributed by atoms with E-state index in [0.29, 0.717) is 0 Å². The van der Waals surface area contributed by atoms with Gasteiger partial charge in [0.15, 0.2) is 0 Å². The molecule has 3 aliphatic rings. The lowest BCUT2D eigenvalue weighted by Crippen LogP contribution is -2.68. The van der Waals surface area contributed by atoms with Gasteiger partial charge in [-0.05, 0) is 31.1 Å². The zero-order valence-electron chi connectivity index (χ0n) is 5.68. The van der Waals surface area contributed by atoms with Crippen LogP contribution in [0.25, 0.3) is 0 Å². The Kier molecular flexibility index (Phi) is 0.894. The van der Waals surface area contributed by atoms with Crippen LogP contribution < -0.4 is 5.32 Å². The smallest absolute Gasteiger partial charge is 0.296 e. The van der Waals surface area contributed by atoms with Crippen molar-refractivity contribution in [3.63, 3.8) is 0 Å². The Morgan fingerprint density at radius 1 is 1.60 bits per heavy atom. The summed E-state index contributed by atoms with van der Waals surface area (Å²) in [6, 6.07) is 0. The third kappa shape index (κ3) is 0.578. The molecule has 0 aromatic heterocycles. The monoisotopic (exact) mass is 135 g/mol. The average molecular weight is 135 g/mol. The summed E-state index contributed by atoms with van der Waals surface area (Å²) in [7, 11) is 0. The molecule has 0 atom stereocenters. The standard InChI is InChI=1S/C8H9NO/c1-2-7(10)9-8-3-6(4-8)5-8/h1,6H,3-5H2,(H,9,10). The molecule has 0 heterocycles. The van der Waals surface area contributed by atoms with Crippen LogP contribution in [0.5, 0.6) is 0 Å². The van der Waals surface area contributed by atoms with Crippen LogP contribution in [0.15, 0.2) is 0 Å². The van der Waals surface area contributed by atoms with E-state index in [1.807, 2.05) is 0 Å². The lowest BCUT2D eigenvalue weighted by molar-refractivity contribution is -0.127. The molecule has 3 fully saturated rings. The number of carbonyl (C=O) groups excluding carboxylic acids is 1. The molecule has 0 radical (unpaired) electrons. The minimum atomic E-state index is -0.252. The van der Waals surface area contributed by atoms with Gasteiger partial charge in [0.1, 0.15) is 0 Å². The van der Waals surface area contributed by atoms with Crippen LogP contribution in [0, 0.1) is 18.3 Å². The molecule has 3 aliphatic carbocycles. The topological polar surface area (TPSA) is 29.1 Å². The van der Waals surface area contributed by atoms with Crippen molar-refractivity contribution in [1.29, 1.82) is 0 Å². The Morgan fingerprint density at radius 2 is 2.20 bits per heavy atom. The van der Waals surface area contributed by atoms with Gasteiger partial charge >= 0.3 is 0 Å². The molecule has 2 bridgehead atoms. The van der Waals surface area contributed by atoms with Crippen molar-refractivity contribution in [2.75, 3.05) is 0 Å². The van der Waals surface area contributed by atoms with Crippen LogP contribution in [0.4, 0.5) is 0 Å². The molecule has 0 saturated heterocycles. The molecule has 3 saturated carbocycles. The van der Waals surface area contributed by atoms with Gasteiger partial charge in [0.2, 0.25) is 0 Å². The van der Waals surface area contributed by atoms with Gasteiger partial charge in [-0.3, -0.25) is 4.79 Å². The van der Waals surface area contributed by atoms with E-state index >= 15 is 0 Å². The SMILES string of the molecule is C#CC(=O)NC12CC(C1)C2. The molecule has 0 aromatic carbocycles. The van der Waals surface area contributed by atoms with Crippen molar-refractivity contribution in [2.45, 2.75) is 24.8 Å². The van der Waals surface area contributed by atoms with Gasteiger partial charge in [-0.15, -0.1) is 6.42 Å². The van der Waals surface area contributed by atoms with Gasteiger partial charge in [-0.1, -0.05) is 0 Å². The van der Waals surface area contributed by atoms with Crippen LogP contribution in [0.2, 0.25) is 0 Å². The molecular formula is C8H9NO. The van der Waals surface area contributed by atoms with Crippen molar-refractivity contribution in [2.24, 2.45) is 5.92 Å². The molecule has 0 aliphatic heterocycles. The fourth-order valence-corrected chi connectivity index (χ4v) is 1.91. The van der Waals surface area contributed by atoms with Crippen molar-refractivity contribution in [1.82, 2.24) is 5.32 Å². The third-order valence-electron chi connectivity index (χ3n) is 2.55. The summed E-state index contributed by atoms with van der Waals surface area (Å²) in [6.45, 7) is 0. The van der Waals surface area contributed by atoms with E-state index in [4.69, 9.17) is 6.42 Å². The summed E-state index contributed by atoms with van der Waals surface area (Å²) < 4.78 is 0. The van der Waals surface area contributed by atoms with Crippen LogP contribution in [-0.4, -0.2) is 11.4 Å². The summed E-state index contributed by atoms with van der Waals surface area (Å²) >= 11 is 0. The molecule has 2 nitrogen and oxygen atoms in total. The van der Waals surface area contributed by atoms with E-state index in [1.165, 1.54) is 0 Å². The summed E-state index contributed by atoms with van der Waals surface area (Å²) in [5.41, 5.74) is 0.147. The maximum Gasteiger partial charge on any atom is 0.296 e. The molecule has 1 N–H and O–H groups in total. The number of hydrogen-bond acceptors (Lipinski definition) is 1. The van der Waals surface area contributed by atoms with Gasteiger partial charge in [0.05, 0.1) is 0 Å². The van der Waals surface area contributed by atoms with Gasteiger partial charge in [-0.25, -0.2) is 0 Å². The first-order valence-corrected chi connectivity index (χ1v) is 3.53. The summed E-state index contributed by atoms with van der Waals surface area (Å²) in [5, 5.41) is 2.83. The molecule has 52 valence electrons. The normalized spacial score (nSPS) is 40.5. The minimum absolute atomic E-state index is 0.147. The number of amides is 1. The highest BCUT2D eigenvalue weighted by Gasteiger charge is 2.57. The number of rotatable bonds is 1. The second-order valence-corrected chi connectivity index (χ2v) is 3.36. The lowest BCUT2D eigenvalue weighted by Gasteiger charge is -2.61. The Hall–Kier alpha value is -0.970. The Morgan fingerprint density at radius 3 is 2.50 bits per heavy atom. The second kappa shape index (κ2) is 1.54. The number of carbonyl (C=O) groups is 1. The highest BCUT2D eigenvalue weighted by Crippen LogP contribution is 2.56.